The van der Waals surface area contributed by atoms with E-state index in [1.807, 2.05) is 12.3 Å². The zero-order valence-corrected chi connectivity index (χ0v) is 15.4. The molecule has 0 saturated carbocycles. The lowest BCUT2D eigenvalue weighted by Gasteiger charge is -2.03. The van der Waals surface area contributed by atoms with Crippen LogP contribution in [0.2, 0.25) is 0 Å². The van der Waals surface area contributed by atoms with Crippen molar-refractivity contribution in [1.82, 2.24) is 0 Å². The summed E-state index contributed by atoms with van der Waals surface area (Å²) >= 11 is 0. The second-order valence-electron chi connectivity index (χ2n) is 6.95. The number of aryl methyl sites for hydroxylation is 1. The lowest BCUT2D eigenvalue weighted by Crippen LogP contribution is -2.47. The van der Waals surface area contributed by atoms with Gasteiger partial charge >= 0.3 is 0 Å². The summed E-state index contributed by atoms with van der Waals surface area (Å²) in [7, 11) is 0. The van der Waals surface area contributed by atoms with E-state index in [0.717, 1.165) is 6.42 Å². The molecule has 2 N–H and O–H groups in total. The van der Waals surface area contributed by atoms with E-state index >= 15 is 0 Å². The largest absolute Gasteiger partial charge is 0.211 e. The molecule has 0 fully saturated rings. The normalized spacial score (nSPS) is 11.0. The zero-order valence-electron chi connectivity index (χ0n) is 15.4. The molecule has 0 amide bonds. The van der Waals surface area contributed by atoms with Gasteiger partial charge in [-0.3, -0.25) is 0 Å². The Kier molecular flexibility index (Phi) is 12.6. The van der Waals surface area contributed by atoms with E-state index < -0.39 is 0 Å². The molecule has 1 aromatic heterocycles. The number of hydrogen-bond donors (Lipinski definition) is 1. The van der Waals surface area contributed by atoms with Crippen molar-refractivity contribution in [1.29, 1.82) is 0 Å². The number of unbranched alkanes of at least 4 members (excludes halogenated alkanes) is 13. The van der Waals surface area contributed by atoms with Crippen LogP contribution in [0.3, 0.4) is 0 Å². The number of hydrogen-bond acceptors (Lipinski definition) is 1. The molecule has 132 valence electrons. The Morgan fingerprint density at radius 2 is 1.17 bits per heavy atom. The van der Waals surface area contributed by atoms with Gasteiger partial charge in [-0.05, 0) is 12.5 Å². The predicted molar refractivity (Wildman–Crippen MR) is 101 cm³/mol. The highest BCUT2D eigenvalue weighted by Gasteiger charge is 2.04. The van der Waals surface area contributed by atoms with Crippen molar-refractivity contribution < 1.29 is 4.68 Å². The highest BCUT2D eigenvalue weighted by Crippen LogP contribution is 2.13. The summed E-state index contributed by atoms with van der Waals surface area (Å²) < 4.78 is 1.75. The molecule has 0 saturated heterocycles. The van der Waals surface area contributed by atoms with Gasteiger partial charge in [0.15, 0.2) is 6.20 Å². The molecule has 0 aliphatic carbocycles. The summed E-state index contributed by atoms with van der Waals surface area (Å²) in [6, 6.07) is 6.18. The Balaban J connectivity index is 1.79. The van der Waals surface area contributed by atoms with Gasteiger partial charge in [-0.25, -0.2) is 5.84 Å². The predicted octanol–water partition coefficient (Wildman–Crippen LogP) is 5.71. The molecule has 0 spiro atoms. The molecule has 0 unspecified atom stereocenters. The van der Waals surface area contributed by atoms with Gasteiger partial charge in [-0.1, -0.05) is 95.1 Å². The van der Waals surface area contributed by atoms with Crippen LogP contribution in [0.15, 0.2) is 24.4 Å². The third kappa shape index (κ3) is 11.2. The van der Waals surface area contributed by atoms with Crippen LogP contribution in [0.1, 0.15) is 103 Å². The van der Waals surface area contributed by atoms with Crippen molar-refractivity contribution >= 4 is 0 Å². The van der Waals surface area contributed by atoms with Gasteiger partial charge in [-0.2, -0.15) is 0 Å². The first kappa shape index (κ1) is 20.0. The number of nitrogens with two attached hydrogens (primary N) is 1. The number of pyridine rings is 1. The van der Waals surface area contributed by atoms with Crippen molar-refractivity contribution in [3.8, 4) is 0 Å². The highest BCUT2D eigenvalue weighted by atomic mass is 15.3. The van der Waals surface area contributed by atoms with E-state index in [2.05, 4.69) is 19.1 Å². The summed E-state index contributed by atoms with van der Waals surface area (Å²) in [4.78, 5) is 0. The van der Waals surface area contributed by atoms with Gasteiger partial charge in [0.25, 0.3) is 0 Å². The van der Waals surface area contributed by atoms with E-state index in [0.29, 0.717) is 0 Å². The van der Waals surface area contributed by atoms with Crippen LogP contribution in [0.25, 0.3) is 0 Å². The van der Waals surface area contributed by atoms with E-state index in [4.69, 9.17) is 5.84 Å². The molecule has 23 heavy (non-hydrogen) atoms. The fourth-order valence-electron chi connectivity index (χ4n) is 3.20. The quantitative estimate of drug-likeness (QED) is 0.250. The molecule has 0 bridgehead atoms. The average Bonchev–Trinajstić information content (AvgIpc) is 2.57. The van der Waals surface area contributed by atoms with Gasteiger partial charge in [-0.15, -0.1) is 0 Å². The lowest BCUT2D eigenvalue weighted by molar-refractivity contribution is -0.647. The lowest BCUT2D eigenvalue weighted by atomic mass is 10.0. The van der Waals surface area contributed by atoms with Crippen molar-refractivity contribution in [2.75, 3.05) is 5.84 Å². The SMILES string of the molecule is CCCCCCCCCCCCCCCCc1cccc[n+]1N. The topological polar surface area (TPSA) is 29.9 Å². The van der Waals surface area contributed by atoms with Crippen LogP contribution in [-0.2, 0) is 6.42 Å². The molecule has 0 radical (unpaired) electrons. The summed E-state index contributed by atoms with van der Waals surface area (Å²) in [6.45, 7) is 2.29. The summed E-state index contributed by atoms with van der Waals surface area (Å²) in [5.41, 5.74) is 1.24. The number of nitrogen functional groups attached to an aromatic ring is 1. The molecule has 2 heteroatoms. The molecule has 0 atom stereocenters. The maximum absolute atomic E-state index is 5.89. The average molecular weight is 320 g/mol. The molecule has 1 aromatic rings. The third-order valence-electron chi connectivity index (χ3n) is 4.76. The molecular formula is C21H39N2+. The number of rotatable bonds is 15. The van der Waals surface area contributed by atoms with Gasteiger partial charge in [0.2, 0.25) is 5.69 Å². The highest BCUT2D eigenvalue weighted by molar-refractivity contribution is 4.97. The van der Waals surface area contributed by atoms with Gasteiger partial charge in [0.05, 0.1) is 0 Å². The summed E-state index contributed by atoms with van der Waals surface area (Å²) in [6.07, 6.45) is 22.8. The molecule has 2 nitrogen and oxygen atoms in total. The molecule has 1 rings (SSSR count). The first-order valence-electron chi connectivity index (χ1n) is 10.1. The molecule has 0 aliphatic rings. The first-order valence-corrected chi connectivity index (χ1v) is 10.1. The van der Waals surface area contributed by atoms with Gasteiger partial charge in [0.1, 0.15) is 0 Å². The van der Waals surface area contributed by atoms with Gasteiger partial charge in [0, 0.05) is 18.6 Å². The van der Waals surface area contributed by atoms with E-state index in [1.165, 1.54) is 95.6 Å². The minimum Gasteiger partial charge on any atom is -0.205 e. The van der Waals surface area contributed by atoms with Crippen molar-refractivity contribution in [2.45, 2.75) is 103 Å². The minimum absolute atomic E-state index is 1.11. The Morgan fingerprint density at radius 3 is 1.65 bits per heavy atom. The fourth-order valence-corrected chi connectivity index (χ4v) is 3.20. The van der Waals surface area contributed by atoms with Crippen LogP contribution in [0, 0.1) is 0 Å². The minimum atomic E-state index is 1.11. The summed E-state index contributed by atoms with van der Waals surface area (Å²) in [5.74, 6) is 5.89. The Morgan fingerprint density at radius 1 is 0.696 bits per heavy atom. The zero-order chi connectivity index (χ0) is 16.6. The maximum atomic E-state index is 5.89. The first-order chi connectivity index (χ1) is 11.3. The fraction of sp³-hybridized carbons (Fsp3) is 0.762. The van der Waals surface area contributed by atoms with E-state index in [-0.39, 0.29) is 0 Å². The molecule has 1 heterocycles. The van der Waals surface area contributed by atoms with Crippen LogP contribution >= 0.6 is 0 Å². The second kappa shape index (κ2) is 14.5. The monoisotopic (exact) mass is 319 g/mol. The van der Waals surface area contributed by atoms with Crippen LogP contribution < -0.4 is 10.5 Å². The second-order valence-corrected chi connectivity index (χ2v) is 6.95. The Hall–Kier alpha value is -1.05. The Labute approximate surface area is 144 Å². The van der Waals surface area contributed by atoms with Crippen molar-refractivity contribution in [2.24, 2.45) is 0 Å². The van der Waals surface area contributed by atoms with Crippen LogP contribution in [-0.4, -0.2) is 0 Å². The van der Waals surface area contributed by atoms with E-state index in [1.54, 1.807) is 4.68 Å². The number of nitrogens with zero attached hydrogens (tertiary/aromatic N) is 1. The van der Waals surface area contributed by atoms with Gasteiger partial charge < -0.3 is 0 Å². The molecule has 0 aromatic carbocycles. The van der Waals surface area contributed by atoms with Crippen molar-refractivity contribution in [3.05, 3.63) is 30.1 Å². The third-order valence-corrected chi connectivity index (χ3v) is 4.76. The van der Waals surface area contributed by atoms with E-state index in [9.17, 15) is 0 Å². The molecule has 0 aliphatic heterocycles. The maximum Gasteiger partial charge on any atom is 0.211 e. The standard InChI is InChI=1S/C21H39N2/c1-2-3-4-5-6-7-8-9-10-11-12-13-14-15-18-21-19-16-17-20-23(21)22/h16-17,19-20H,2-15,18,22H2,1H3/q+1. The van der Waals surface area contributed by atoms with Crippen LogP contribution in [0.4, 0.5) is 0 Å². The van der Waals surface area contributed by atoms with Crippen molar-refractivity contribution in [3.63, 3.8) is 0 Å². The Bertz CT molecular complexity index is 376. The molecular weight excluding hydrogens is 280 g/mol. The van der Waals surface area contributed by atoms with Crippen LogP contribution in [0.5, 0.6) is 0 Å². The summed E-state index contributed by atoms with van der Waals surface area (Å²) in [5, 5.41) is 0. The smallest absolute Gasteiger partial charge is 0.205 e. The number of aromatic nitrogens is 1.